The van der Waals surface area contributed by atoms with Crippen LogP contribution in [0.5, 0.6) is 0 Å². The molecule has 0 bridgehead atoms. The van der Waals surface area contributed by atoms with Crippen molar-refractivity contribution in [2.24, 2.45) is 10.8 Å². The Morgan fingerprint density at radius 2 is 1.40 bits per heavy atom. The SMILES string of the molecule is CC(C)(C)CC(C)(C)CS. The van der Waals surface area contributed by atoms with Gasteiger partial charge in [0.05, 0.1) is 0 Å². The monoisotopic (exact) mass is 160 g/mol. The fourth-order valence-corrected chi connectivity index (χ4v) is 1.60. The van der Waals surface area contributed by atoms with Gasteiger partial charge >= 0.3 is 0 Å². The molecule has 0 nitrogen and oxygen atoms in total. The molecule has 0 aliphatic heterocycles. The van der Waals surface area contributed by atoms with Gasteiger partial charge in [-0.15, -0.1) is 0 Å². The lowest BCUT2D eigenvalue weighted by atomic mass is 9.77. The van der Waals surface area contributed by atoms with Gasteiger partial charge in [0, 0.05) is 0 Å². The van der Waals surface area contributed by atoms with Crippen LogP contribution >= 0.6 is 12.6 Å². The van der Waals surface area contributed by atoms with E-state index in [1.165, 1.54) is 6.42 Å². The van der Waals surface area contributed by atoms with Crippen molar-refractivity contribution in [3.8, 4) is 0 Å². The van der Waals surface area contributed by atoms with E-state index >= 15 is 0 Å². The van der Waals surface area contributed by atoms with Crippen LogP contribution in [0, 0.1) is 10.8 Å². The van der Waals surface area contributed by atoms with Crippen LogP contribution in [0.2, 0.25) is 0 Å². The highest BCUT2D eigenvalue weighted by Crippen LogP contribution is 2.33. The van der Waals surface area contributed by atoms with E-state index in [1.54, 1.807) is 0 Å². The molecular formula is C9H20S. The molecule has 0 aromatic rings. The zero-order chi connectivity index (χ0) is 8.41. The minimum atomic E-state index is 0.390. The molecule has 0 fully saturated rings. The molecule has 0 spiro atoms. The van der Waals surface area contributed by atoms with Crippen molar-refractivity contribution >= 4 is 12.6 Å². The van der Waals surface area contributed by atoms with E-state index in [9.17, 15) is 0 Å². The molecule has 62 valence electrons. The molecule has 0 N–H and O–H groups in total. The summed E-state index contributed by atoms with van der Waals surface area (Å²) < 4.78 is 0. The summed E-state index contributed by atoms with van der Waals surface area (Å²) in [7, 11) is 0. The fourth-order valence-electron chi connectivity index (χ4n) is 1.49. The van der Waals surface area contributed by atoms with E-state index in [0.29, 0.717) is 10.8 Å². The molecule has 10 heavy (non-hydrogen) atoms. The highest BCUT2D eigenvalue weighted by molar-refractivity contribution is 7.80. The average molecular weight is 160 g/mol. The van der Waals surface area contributed by atoms with Gasteiger partial charge in [-0.2, -0.15) is 12.6 Å². The Kier molecular flexibility index (Phi) is 3.28. The summed E-state index contributed by atoms with van der Waals surface area (Å²) in [4.78, 5) is 0. The van der Waals surface area contributed by atoms with Crippen LogP contribution in [0.1, 0.15) is 41.0 Å². The van der Waals surface area contributed by atoms with Crippen LogP contribution < -0.4 is 0 Å². The molecular weight excluding hydrogens is 140 g/mol. The predicted molar refractivity (Wildman–Crippen MR) is 51.7 cm³/mol. The lowest BCUT2D eigenvalue weighted by molar-refractivity contribution is 0.239. The van der Waals surface area contributed by atoms with Crippen LogP contribution in [0.15, 0.2) is 0 Å². The highest BCUT2D eigenvalue weighted by atomic mass is 32.1. The predicted octanol–water partition coefficient (Wildman–Crippen LogP) is 3.38. The van der Waals surface area contributed by atoms with Crippen molar-refractivity contribution in [1.29, 1.82) is 0 Å². The molecule has 0 unspecified atom stereocenters. The summed E-state index contributed by atoms with van der Waals surface area (Å²) in [5.41, 5.74) is 0.827. The minimum absolute atomic E-state index is 0.390. The van der Waals surface area contributed by atoms with Crippen molar-refractivity contribution in [3.05, 3.63) is 0 Å². The number of rotatable bonds is 2. The second kappa shape index (κ2) is 3.17. The van der Waals surface area contributed by atoms with Crippen LogP contribution in [0.25, 0.3) is 0 Å². The lowest BCUT2D eigenvalue weighted by Gasteiger charge is -2.30. The van der Waals surface area contributed by atoms with E-state index in [2.05, 4.69) is 47.2 Å². The third kappa shape index (κ3) is 5.16. The fraction of sp³-hybridized carbons (Fsp3) is 1.00. The van der Waals surface area contributed by atoms with Crippen molar-refractivity contribution in [3.63, 3.8) is 0 Å². The van der Waals surface area contributed by atoms with E-state index < -0.39 is 0 Å². The van der Waals surface area contributed by atoms with Gasteiger partial charge in [0.15, 0.2) is 0 Å². The van der Waals surface area contributed by atoms with Gasteiger partial charge in [-0.1, -0.05) is 34.6 Å². The molecule has 0 radical (unpaired) electrons. The third-order valence-electron chi connectivity index (χ3n) is 1.44. The van der Waals surface area contributed by atoms with E-state index in [-0.39, 0.29) is 0 Å². The maximum atomic E-state index is 4.31. The lowest BCUT2D eigenvalue weighted by Crippen LogP contribution is -2.21. The average Bonchev–Trinajstić information content (AvgIpc) is 1.60. The first-order valence-electron chi connectivity index (χ1n) is 3.88. The summed E-state index contributed by atoms with van der Waals surface area (Å²) in [5.74, 6) is 0.976. The smallest absolute Gasteiger partial charge is 0.00462 e. The number of thiol groups is 1. The van der Waals surface area contributed by atoms with E-state index in [4.69, 9.17) is 0 Å². The Morgan fingerprint density at radius 3 is 1.50 bits per heavy atom. The van der Waals surface area contributed by atoms with Gasteiger partial charge in [-0.3, -0.25) is 0 Å². The maximum Gasteiger partial charge on any atom is -0.00462 e. The van der Waals surface area contributed by atoms with Crippen molar-refractivity contribution < 1.29 is 0 Å². The Labute approximate surface area is 70.8 Å². The molecule has 0 aliphatic rings. The van der Waals surface area contributed by atoms with Crippen LogP contribution in [0.4, 0.5) is 0 Å². The second-order valence-corrected chi connectivity index (χ2v) is 5.38. The molecule has 0 amide bonds. The van der Waals surface area contributed by atoms with Crippen LogP contribution in [-0.4, -0.2) is 5.75 Å². The van der Waals surface area contributed by atoms with Crippen LogP contribution in [-0.2, 0) is 0 Å². The van der Waals surface area contributed by atoms with E-state index in [0.717, 1.165) is 5.75 Å². The first-order valence-corrected chi connectivity index (χ1v) is 4.51. The van der Waals surface area contributed by atoms with Gasteiger partial charge in [-0.25, -0.2) is 0 Å². The molecule has 0 aromatic carbocycles. The van der Waals surface area contributed by atoms with Gasteiger partial charge in [0.2, 0.25) is 0 Å². The first kappa shape index (κ1) is 10.3. The van der Waals surface area contributed by atoms with Gasteiger partial charge < -0.3 is 0 Å². The normalized spacial score (nSPS) is 13.8. The topological polar surface area (TPSA) is 0 Å². The van der Waals surface area contributed by atoms with Gasteiger partial charge in [0.1, 0.15) is 0 Å². The molecule has 0 atom stereocenters. The van der Waals surface area contributed by atoms with Crippen molar-refractivity contribution in [2.75, 3.05) is 5.75 Å². The zero-order valence-corrected chi connectivity index (χ0v) is 8.76. The zero-order valence-electron chi connectivity index (χ0n) is 7.86. The molecule has 0 aromatic heterocycles. The highest BCUT2D eigenvalue weighted by Gasteiger charge is 2.23. The largest absolute Gasteiger partial charge is 0.179 e. The minimum Gasteiger partial charge on any atom is -0.179 e. The van der Waals surface area contributed by atoms with Crippen molar-refractivity contribution in [1.82, 2.24) is 0 Å². The molecule has 0 aliphatic carbocycles. The second-order valence-electron chi connectivity index (χ2n) is 5.06. The number of hydrogen-bond donors (Lipinski definition) is 1. The quantitative estimate of drug-likeness (QED) is 0.588. The standard InChI is InChI=1S/C9H20S/c1-8(2,3)6-9(4,5)7-10/h10H,6-7H2,1-5H3. The summed E-state index contributed by atoms with van der Waals surface area (Å²) in [5, 5.41) is 0. The summed E-state index contributed by atoms with van der Waals surface area (Å²) in [6, 6.07) is 0. The molecule has 0 saturated heterocycles. The summed E-state index contributed by atoms with van der Waals surface area (Å²) in [6.45, 7) is 11.4. The first-order chi connectivity index (χ1) is 4.27. The van der Waals surface area contributed by atoms with Gasteiger partial charge in [0.25, 0.3) is 0 Å². The molecule has 1 heteroatoms. The molecule has 0 saturated carbocycles. The number of hydrogen-bond acceptors (Lipinski definition) is 1. The molecule has 0 rings (SSSR count). The Bertz CT molecular complexity index is 97.8. The molecule has 0 heterocycles. The Morgan fingerprint density at radius 1 is 1.00 bits per heavy atom. The third-order valence-corrected chi connectivity index (χ3v) is 2.29. The maximum absolute atomic E-state index is 4.31. The van der Waals surface area contributed by atoms with Crippen molar-refractivity contribution in [2.45, 2.75) is 41.0 Å². The van der Waals surface area contributed by atoms with Crippen LogP contribution in [0.3, 0.4) is 0 Å². The Balaban J connectivity index is 3.89. The van der Waals surface area contributed by atoms with E-state index in [1.807, 2.05) is 0 Å². The summed E-state index contributed by atoms with van der Waals surface area (Å²) >= 11 is 4.31. The van der Waals surface area contributed by atoms with Gasteiger partial charge in [-0.05, 0) is 23.0 Å². The summed E-state index contributed by atoms with van der Waals surface area (Å²) in [6.07, 6.45) is 1.24. The Hall–Kier alpha value is 0.350.